The molecule has 148 valence electrons. The van der Waals surface area contributed by atoms with Crippen LogP contribution in [0.5, 0.6) is 0 Å². The van der Waals surface area contributed by atoms with Gasteiger partial charge in [-0.3, -0.25) is 4.90 Å². The Bertz CT molecular complexity index is 782. The second-order valence-electron chi connectivity index (χ2n) is 8.47. The largest absolute Gasteiger partial charge is 0.299 e. The molecule has 7 heteroatoms. The van der Waals surface area contributed by atoms with Crippen molar-refractivity contribution in [3.05, 3.63) is 45.7 Å². The van der Waals surface area contributed by atoms with Crippen LogP contribution in [0.1, 0.15) is 58.1 Å². The number of allylic oxidation sites excluding steroid dienone is 1. The summed E-state index contributed by atoms with van der Waals surface area (Å²) in [5.41, 5.74) is 0.825. The zero-order valence-electron chi connectivity index (χ0n) is 17.1. The summed E-state index contributed by atoms with van der Waals surface area (Å²) in [6.07, 6.45) is 4.13. The first-order chi connectivity index (χ1) is 12.5. The summed E-state index contributed by atoms with van der Waals surface area (Å²) in [5.74, 6) is 1.24. The third kappa shape index (κ3) is 5.31. The van der Waals surface area contributed by atoms with E-state index in [-0.39, 0.29) is 17.5 Å². The lowest BCUT2D eigenvalue weighted by Gasteiger charge is -2.32. The molecule has 0 aliphatic rings. The highest BCUT2D eigenvalue weighted by Gasteiger charge is 2.32. The molecule has 2 atom stereocenters. The molecule has 27 heavy (non-hydrogen) atoms. The summed E-state index contributed by atoms with van der Waals surface area (Å²) >= 11 is 12.3. The molecule has 0 bridgehead atoms. The Morgan fingerprint density at radius 3 is 2.33 bits per heavy atom. The number of tetrazole rings is 1. The van der Waals surface area contributed by atoms with Gasteiger partial charge in [-0.25, -0.2) is 4.68 Å². The molecule has 0 amide bonds. The quantitative estimate of drug-likeness (QED) is 0.627. The van der Waals surface area contributed by atoms with Crippen LogP contribution in [0, 0.1) is 11.3 Å². The number of hydrogen-bond donors (Lipinski definition) is 0. The van der Waals surface area contributed by atoms with E-state index in [1.807, 2.05) is 22.9 Å². The molecule has 0 radical (unpaired) electrons. The van der Waals surface area contributed by atoms with E-state index in [2.05, 4.69) is 75.2 Å². The van der Waals surface area contributed by atoms with Crippen molar-refractivity contribution in [3.8, 4) is 0 Å². The molecule has 1 aromatic heterocycles. The van der Waals surface area contributed by atoms with Crippen molar-refractivity contribution in [1.29, 1.82) is 0 Å². The van der Waals surface area contributed by atoms with E-state index in [1.54, 1.807) is 6.07 Å². The molecule has 2 unspecified atom stereocenters. The maximum absolute atomic E-state index is 6.33. The molecule has 2 rings (SSSR count). The maximum Gasteiger partial charge on any atom is 0.169 e. The number of aromatic nitrogens is 4. The number of halogens is 2. The summed E-state index contributed by atoms with van der Waals surface area (Å²) in [4.78, 5) is 2.16. The van der Waals surface area contributed by atoms with Crippen LogP contribution in [0.2, 0.25) is 10.0 Å². The lowest BCUT2D eigenvalue weighted by molar-refractivity contribution is 0.196. The Hall–Kier alpha value is -1.43. The molecule has 5 nitrogen and oxygen atoms in total. The van der Waals surface area contributed by atoms with Crippen molar-refractivity contribution in [2.24, 2.45) is 11.3 Å². The topological polar surface area (TPSA) is 46.8 Å². The molecule has 0 spiro atoms. The Morgan fingerprint density at radius 2 is 1.81 bits per heavy atom. The first-order valence-electron chi connectivity index (χ1n) is 9.09. The van der Waals surface area contributed by atoms with E-state index in [9.17, 15) is 0 Å². The molecule has 1 heterocycles. The SMILES string of the molecule is CC(C)C(c1nnnn1C(/C=C/c1ccc(Cl)cc1Cl)C(C)(C)C)N(C)C. The van der Waals surface area contributed by atoms with Crippen LogP contribution in [-0.4, -0.2) is 39.2 Å². The highest BCUT2D eigenvalue weighted by molar-refractivity contribution is 6.35. The fourth-order valence-corrected chi connectivity index (χ4v) is 3.76. The van der Waals surface area contributed by atoms with Crippen molar-refractivity contribution in [2.45, 2.75) is 46.7 Å². The normalized spacial score (nSPS) is 15.1. The van der Waals surface area contributed by atoms with Crippen molar-refractivity contribution in [1.82, 2.24) is 25.1 Å². The van der Waals surface area contributed by atoms with Crippen LogP contribution in [-0.2, 0) is 0 Å². The van der Waals surface area contributed by atoms with E-state index in [1.165, 1.54) is 0 Å². The fraction of sp³-hybridized carbons (Fsp3) is 0.550. The van der Waals surface area contributed by atoms with Crippen LogP contribution >= 0.6 is 23.2 Å². The van der Waals surface area contributed by atoms with E-state index in [0.717, 1.165) is 11.4 Å². The van der Waals surface area contributed by atoms with Gasteiger partial charge in [0.15, 0.2) is 5.82 Å². The van der Waals surface area contributed by atoms with E-state index in [4.69, 9.17) is 23.2 Å². The maximum atomic E-state index is 6.33. The minimum absolute atomic E-state index is 0.0320. The Kier molecular flexibility index (Phi) is 7.06. The lowest BCUT2D eigenvalue weighted by atomic mass is 9.86. The van der Waals surface area contributed by atoms with Gasteiger partial charge in [-0.05, 0) is 53.6 Å². The first-order valence-corrected chi connectivity index (χ1v) is 9.85. The van der Waals surface area contributed by atoms with Crippen LogP contribution in [0.15, 0.2) is 24.3 Å². The molecule has 0 aliphatic heterocycles. The van der Waals surface area contributed by atoms with Crippen LogP contribution in [0.3, 0.4) is 0 Å². The second kappa shape index (κ2) is 8.72. The third-order valence-electron chi connectivity index (χ3n) is 4.54. The predicted molar refractivity (Wildman–Crippen MR) is 113 cm³/mol. The van der Waals surface area contributed by atoms with Gasteiger partial charge in [0, 0.05) is 10.0 Å². The molecular formula is C20H29Cl2N5. The number of benzene rings is 1. The van der Waals surface area contributed by atoms with Gasteiger partial charge in [0.2, 0.25) is 0 Å². The van der Waals surface area contributed by atoms with Gasteiger partial charge in [-0.15, -0.1) is 5.10 Å². The van der Waals surface area contributed by atoms with Crippen LogP contribution < -0.4 is 0 Å². The van der Waals surface area contributed by atoms with Crippen LogP contribution in [0.25, 0.3) is 6.08 Å². The molecule has 1 aromatic carbocycles. The Balaban J connectivity index is 2.47. The van der Waals surface area contributed by atoms with Gasteiger partial charge < -0.3 is 0 Å². The smallest absolute Gasteiger partial charge is 0.169 e. The minimum atomic E-state index is -0.0899. The predicted octanol–water partition coefficient (Wildman–Crippen LogP) is 5.54. The van der Waals surface area contributed by atoms with E-state index >= 15 is 0 Å². The van der Waals surface area contributed by atoms with Gasteiger partial charge in [-0.2, -0.15) is 0 Å². The van der Waals surface area contributed by atoms with Crippen molar-refractivity contribution >= 4 is 29.3 Å². The second-order valence-corrected chi connectivity index (χ2v) is 9.31. The van der Waals surface area contributed by atoms with Gasteiger partial charge in [0.1, 0.15) is 0 Å². The zero-order chi connectivity index (χ0) is 20.4. The van der Waals surface area contributed by atoms with E-state index in [0.29, 0.717) is 16.0 Å². The van der Waals surface area contributed by atoms with Gasteiger partial charge >= 0.3 is 0 Å². The summed E-state index contributed by atoms with van der Waals surface area (Å²) in [5, 5.41) is 13.9. The van der Waals surface area contributed by atoms with Crippen LogP contribution in [0.4, 0.5) is 0 Å². The average Bonchev–Trinajstić information content (AvgIpc) is 2.96. The standard InChI is InChI=1S/C20H29Cl2N5/c1-13(2)18(26(6)7)19-23-24-25-27(19)17(20(3,4)5)11-9-14-8-10-15(21)12-16(14)22/h8-13,17-18H,1-7H3/b11-9+. The van der Waals surface area contributed by atoms with Crippen molar-refractivity contribution in [2.75, 3.05) is 14.1 Å². The molecular weight excluding hydrogens is 381 g/mol. The molecule has 0 saturated heterocycles. The zero-order valence-corrected chi connectivity index (χ0v) is 18.6. The monoisotopic (exact) mass is 409 g/mol. The number of hydrogen-bond acceptors (Lipinski definition) is 4. The van der Waals surface area contributed by atoms with Crippen molar-refractivity contribution < 1.29 is 0 Å². The van der Waals surface area contributed by atoms with Gasteiger partial charge in [0.05, 0.1) is 12.1 Å². The molecule has 0 saturated carbocycles. The van der Waals surface area contributed by atoms with Crippen molar-refractivity contribution in [3.63, 3.8) is 0 Å². The third-order valence-corrected chi connectivity index (χ3v) is 5.10. The average molecular weight is 410 g/mol. The molecule has 0 aliphatic carbocycles. The molecule has 2 aromatic rings. The number of rotatable bonds is 6. The Labute approximate surface area is 172 Å². The number of nitrogens with zero attached hydrogens (tertiary/aromatic N) is 5. The Morgan fingerprint density at radius 1 is 1.15 bits per heavy atom. The highest BCUT2D eigenvalue weighted by Crippen LogP contribution is 2.35. The first kappa shape index (κ1) is 21.9. The van der Waals surface area contributed by atoms with Gasteiger partial charge in [0.25, 0.3) is 0 Å². The fourth-order valence-electron chi connectivity index (χ4n) is 3.29. The summed E-state index contributed by atoms with van der Waals surface area (Å²) < 4.78 is 1.94. The summed E-state index contributed by atoms with van der Waals surface area (Å²) in [6, 6.07) is 5.59. The summed E-state index contributed by atoms with van der Waals surface area (Å²) in [7, 11) is 4.11. The summed E-state index contributed by atoms with van der Waals surface area (Å²) in [6.45, 7) is 10.9. The van der Waals surface area contributed by atoms with Gasteiger partial charge in [-0.1, -0.05) is 76.0 Å². The minimum Gasteiger partial charge on any atom is -0.299 e. The van der Waals surface area contributed by atoms with E-state index < -0.39 is 0 Å². The molecule has 0 N–H and O–H groups in total. The molecule has 0 fully saturated rings. The lowest BCUT2D eigenvalue weighted by Crippen LogP contribution is -2.32. The highest BCUT2D eigenvalue weighted by atomic mass is 35.5.